The van der Waals surface area contributed by atoms with E-state index < -0.39 is 27.7 Å². The quantitative estimate of drug-likeness (QED) is 0.747. The number of benzene rings is 2. The number of hydrogen-bond acceptors (Lipinski definition) is 3. The molecule has 30 heavy (non-hydrogen) atoms. The van der Waals surface area contributed by atoms with Gasteiger partial charge in [-0.25, -0.2) is 8.42 Å². The second kappa shape index (κ2) is 9.18. The van der Waals surface area contributed by atoms with Crippen LogP contribution < -0.4 is 5.32 Å². The van der Waals surface area contributed by atoms with Gasteiger partial charge in [0.15, 0.2) is 0 Å². The summed E-state index contributed by atoms with van der Waals surface area (Å²) in [5, 5.41) is 2.57. The van der Waals surface area contributed by atoms with Gasteiger partial charge in [0.25, 0.3) is 0 Å². The Morgan fingerprint density at radius 1 is 0.967 bits per heavy atom. The molecule has 5 nitrogen and oxygen atoms in total. The van der Waals surface area contributed by atoms with Crippen LogP contribution in [0.2, 0.25) is 0 Å². The van der Waals surface area contributed by atoms with Gasteiger partial charge >= 0.3 is 6.18 Å². The van der Waals surface area contributed by atoms with Crippen LogP contribution in [0, 0.1) is 0 Å². The first kappa shape index (κ1) is 22.3. The molecule has 3 rings (SSSR count). The molecule has 0 atom stereocenters. The predicted octanol–water partition coefficient (Wildman–Crippen LogP) is 4.45. The molecule has 1 aliphatic heterocycles. The molecule has 1 saturated heterocycles. The van der Waals surface area contributed by atoms with Crippen molar-refractivity contribution in [1.29, 1.82) is 0 Å². The van der Waals surface area contributed by atoms with E-state index in [0.717, 1.165) is 37.8 Å². The van der Waals surface area contributed by atoms with Crippen LogP contribution in [0.5, 0.6) is 0 Å². The lowest BCUT2D eigenvalue weighted by atomic mass is 10.1. The molecule has 162 valence electrons. The molecule has 1 amide bonds. The van der Waals surface area contributed by atoms with Crippen LogP contribution in [0.15, 0.2) is 53.4 Å². The Kier molecular flexibility index (Phi) is 6.82. The second-order valence-electron chi connectivity index (χ2n) is 7.27. The average molecular weight is 440 g/mol. The molecule has 0 saturated carbocycles. The topological polar surface area (TPSA) is 66.5 Å². The van der Waals surface area contributed by atoms with E-state index in [9.17, 15) is 26.4 Å². The first-order valence-electron chi connectivity index (χ1n) is 9.72. The second-order valence-corrected chi connectivity index (χ2v) is 9.21. The molecule has 1 heterocycles. The average Bonchev–Trinajstić information content (AvgIpc) is 2.98. The van der Waals surface area contributed by atoms with Crippen molar-refractivity contribution in [2.75, 3.05) is 18.4 Å². The Hall–Kier alpha value is -2.39. The summed E-state index contributed by atoms with van der Waals surface area (Å²) in [6.45, 7) is 0.933. The van der Waals surface area contributed by atoms with Gasteiger partial charge in [-0.2, -0.15) is 17.5 Å². The molecular weight excluding hydrogens is 417 g/mol. The number of rotatable bonds is 5. The minimum atomic E-state index is -4.48. The van der Waals surface area contributed by atoms with Crippen LogP contribution in [0.4, 0.5) is 18.9 Å². The van der Waals surface area contributed by atoms with Crippen LogP contribution in [0.3, 0.4) is 0 Å². The van der Waals surface area contributed by atoms with E-state index >= 15 is 0 Å². The van der Waals surface area contributed by atoms with Gasteiger partial charge < -0.3 is 5.32 Å². The third-order valence-corrected chi connectivity index (χ3v) is 6.83. The number of amides is 1. The van der Waals surface area contributed by atoms with Crippen LogP contribution in [-0.4, -0.2) is 31.7 Å². The summed E-state index contributed by atoms with van der Waals surface area (Å²) in [7, 11) is -3.67. The van der Waals surface area contributed by atoms with Gasteiger partial charge in [0.2, 0.25) is 15.9 Å². The highest BCUT2D eigenvalue weighted by Crippen LogP contribution is 2.29. The molecular formula is C21H23F3N2O3S. The zero-order chi connectivity index (χ0) is 21.8. The third-order valence-electron chi connectivity index (χ3n) is 4.94. The van der Waals surface area contributed by atoms with Gasteiger partial charge in [0.1, 0.15) is 0 Å². The fraction of sp³-hybridized carbons (Fsp3) is 0.381. The Balaban J connectivity index is 1.71. The van der Waals surface area contributed by atoms with Crippen molar-refractivity contribution in [3.8, 4) is 0 Å². The Bertz CT molecular complexity index is 999. The van der Waals surface area contributed by atoms with E-state index in [4.69, 9.17) is 0 Å². The number of sulfonamides is 1. The largest absolute Gasteiger partial charge is 0.416 e. The summed E-state index contributed by atoms with van der Waals surface area (Å²) in [6, 6.07) is 10.5. The number of nitrogens with one attached hydrogen (secondary N) is 1. The van der Waals surface area contributed by atoms with Crippen LogP contribution in [0.25, 0.3) is 0 Å². The van der Waals surface area contributed by atoms with Crippen molar-refractivity contribution in [2.24, 2.45) is 0 Å². The van der Waals surface area contributed by atoms with Crippen LogP contribution in [0.1, 0.15) is 36.8 Å². The number of hydrogen-bond donors (Lipinski definition) is 1. The van der Waals surface area contributed by atoms with Crippen molar-refractivity contribution in [3.63, 3.8) is 0 Å². The molecule has 0 radical (unpaired) electrons. The zero-order valence-corrected chi connectivity index (χ0v) is 17.1. The predicted molar refractivity (Wildman–Crippen MR) is 107 cm³/mol. The van der Waals surface area contributed by atoms with Gasteiger partial charge in [0.05, 0.1) is 16.9 Å². The van der Waals surface area contributed by atoms with Crippen molar-refractivity contribution >= 4 is 21.6 Å². The summed E-state index contributed by atoms with van der Waals surface area (Å²) in [6.07, 6.45) is -1.12. The lowest BCUT2D eigenvalue weighted by Crippen LogP contribution is -2.32. The van der Waals surface area contributed by atoms with E-state index in [1.54, 1.807) is 6.07 Å². The lowest BCUT2D eigenvalue weighted by Gasteiger charge is -2.20. The summed E-state index contributed by atoms with van der Waals surface area (Å²) in [5.41, 5.74) is -0.322. The molecule has 2 aromatic carbocycles. The van der Waals surface area contributed by atoms with Gasteiger partial charge in [0, 0.05) is 18.8 Å². The minimum absolute atomic E-state index is 0.0845. The molecule has 1 fully saturated rings. The van der Waals surface area contributed by atoms with E-state index in [1.807, 2.05) is 0 Å². The number of carbonyl (C=O) groups is 1. The molecule has 0 aliphatic carbocycles. The van der Waals surface area contributed by atoms with Gasteiger partial charge in [-0.15, -0.1) is 0 Å². The molecule has 1 aliphatic rings. The van der Waals surface area contributed by atoms with Crippen molar-refractivity contribution in [3.05, 3.63) is 59.7 Å². The van der Waals surface area contributed by atoms with E-state index in [1.165, 1.54) is 34.6 Å². The maximum atomic E-state index is 12.9. The minimum Gasteiger partial charge on any atom is -0.326 e. The van der Waals surface area contributed by atoms with Crippen LogP contribution in [-0.2, 0) is 27.4 Å². The summed E-state index contributed by atoms with van der Waals surface area (Å²) < 4.78 is 65.8. The smallest absolute Gasteiger partial charge is 0.326 e. The van der Waals surface area contributed by atoms with E-state index in [2.05, 4.69) is 5.32 Å². The summed E-state index contributed by atoms with van der Waals surface area (Å²) >= 11 is 0. The van der Waals surface area contributed by atoms with Gasteiger partial charge in [-0.05, 0) is 42.7 Å². The first-order valence-corrected chi connectivity index (χ1v) is 11.2. The fourth-order valence-corrected chi connectivity index (χ4v) is 4.98. The highest BCUT2D eigenvalue weighted by molar-refractivity contribution is 7.89. The molecule has 0 spiro atoms. The number of anilines is 1. The fourth-order valence-electron chi connectivity index (χ4n) is 3.41. The van der Waals surface area contributed by atoms with Gasteiger partial charge in [-0.3, -0.25) is 4.79 Å². The monoisotopic (exact) mass is 440 g/mol. The molecule has 0 unspecified atom stereocenters. The number of halogens is 3. The number of alkyl halides is 3. The first-order chi connectivity index (χ1) is 14.2. The number of nitrogens with zero attached hydrogens (tertiary/aromatic N) is 1. The maximum Gasteiger partial charge on any atom is 0.416 e. The summed E-state index contributed by atoms with van der Waals surface area (Å²) in [5.74, 6) is -0.529. The Labute approximate surface area is 173 Å². The highest BCUT2D eigenvalue weighted by atomic mass is 32.2. The van der Waals surface area contributed by atoms with Gasteiger partial charge in [-0.1, -0.05) is 37.1 Å². The molecule has 1 N–H and O–H groups in total. The molecule has 2 aromatic rings. The third kappa shape index (κ3) is 5.60. The van der Waals surface area contributed by atoms with Crippen molar-refractivity contribution < 1.29 is 26.4 Å². The van der Waals surface area contributed by atoms with E-state index in [-0.39, 0.29) is 22.6 Å². The Morgan fingerprint density at radius 2 is 1.63 bits per heavy atom. The maximum absolute atomic E-state index is 12.9. The zero-order valence-electron chi connectivity index (χ0n) is 16.3. The van der Waals surface area contributed by atoms with Crippen LogP contribution >= 0.6 is 0 Å². The van der Waals surface area contributed by atoms with Crippen molar-refractivity contribution in [1.82, 2.24) is 4.31 Å². The van der Waals surface area contributed by atoms with Crippen molar-refractivity contribution in [2.45, 2.75) is 43.2 Å². The highest BCUT2D eigenvalue weighted by Gasteiger charge is 2.30. The normalized spacial score (nSPS) is 16.1. The summed E-state index contributed by atoms with van der Waals surface area (Å²) in [4.78, 5) is 12.4. The van der Waals surface area contributed by atoms with E-state index in [0.29, 0.717) is 13.1 Å². The SMILES string of the molecule is O=C(Cc1cccc(C(F)(F)F)c1)Nc1cccc(S(=O)(=O)N2CCCCCC2)c1. The lowest BCUT2D eigenvalue weighted by molar-refractivity contribution is -0.137. The molecule has 0 aromatic heterocycles. The molecule has 9 heteroatoms. The molecule has 0 bridgehead atoms. The standard InChI is InChI=1S/C21H23F3N2O3S/c22-21(23,24)17-8-5-7-16(13-17)14-20(27)25-18-9-6-10-19(15-18)30(28,29)26-11-3-1-2-4-12-26/h5-10,13,15H,1-4,11-12,14H2,(H,25,27). The Morgan fingerprint density at radius 3 is 2.30 bits per heavy atom. The number of carbonyl (C=O) groups excluding carboxylic acids is 1.